The van der Waals surface area contributed by atoms with Crippen molar-refractivity contribution in [3.05, 3.63) is 34.6 Å². The number of nitrogens with two attached hydrogens (primary N) is 1. The van der Waals surface area contributed by atoms with Crippen molar-refractivity contribution in [2.24, 2.45) is 5.84 Å². The van der Waals surface area contributed by atoms with E-state index in [1.165, 1.54) is 25.3 Å². The van der Waals surface area contributed by atoms with Crippen LogP contribution in [-0.2, 0) is 6.42 Å². The summed E-state index contributed by atoms with van der Waals surface area (Å²) in [5.74, 6) is 5.58. The third-order valence-corrected chi connectivity index (χ3v) is 5.28. The minimum atomic E-state index is -0.257. The van der Waals surface area contributed by atoms with Gasteiger partial charge in [-0.05, 0) is 45.5 Å². The number of halogens is 2. The second kappa shape index (κ2) is 7.05. The van der Waals surface area contributed by atoms with Crippen LogP contribution in [0.4, 0.5) is 4.39 Å². The van der Waals surface area contributed by atoms with Crippen molar-refractivity contribution in [2.45, 2.75) is 50.1 Å². The van der Waals surface area contributed by atoms with Gasteiger partial charge in [-0.2, -0.15) is 0 Å². The Morgan fingerprint density at radius 2 is 2.00 bits per heavy atom. The molecule has 1 aromatic carbocycles. The van der Waals surface area contributed by atoms with E-state index in [4.69, 9.17) is 17.4 Å². The van der Waals surface area contributed by atoms with Crippen LogP contribution in [0.3, 0.4) is 0 Å². The normalized spacial score (nSPS) is 19.7. The average Bonchev–Trinajstić information content (AvgIpc) is 2.47. The van der Waals surface area contributed by atoms with E-state index < -0.39 is 0 Å². The highest BCUT2D eigenvalue weighted by Gasteiger charge is 2.41. The molecule has 3 N–H and O–H groups in total. The summed E-state index contributed by atoms with van der Waals surface area (Å²) in [6.07, 6.45) is 6.26. The molecule has 1 aliphatic rings. The topological polar surface area (TPSA) is 41.3 Å². The molecule has 1 fully saturated rings. The molecule has 0 bridgehead atoms. The zero-order valence-corrected chi connectivity index (χ0v) is 13.6. The van der Waals surface area contributed by atoms with Crippen LogP contribution >= 0.6 is 11.6 Å². The van der Waals surface area contributed by atoms with E-state index in [2.05, 4.69) is 24.4 Å². The first-order valence-electron chi connectivity index (χ1n) is 7.57. The van der Waals surface area contributed by atoms with E-state index in [0.717, 1.165) is 12.8 Å². The molecule has 1 saturated carbocycles. The molecule has 21 heavy (non-hydrogen) atoms. The van der Waals surface area contributed by atoms with E-state index in [1.807, 2.05) is 0 Å². The Morgan fingerprint density at radius 3 is 2.52 bits per heavy atom. The molecular weight excluding hydrogens is 289 g/mol. The highest BCUT2D eigenvalue weighted by Crippen LogP contribution is 2.37. The Kier molecular flexibility index (Phi) is 5.60. The molecule has 118 valence electrons. The molecule has 1 aromatic rings. The van der Waals surface area contributed by atoms with Crippen molar-refractivity contribution in [2.75, 3.05) is 14.1 Å². The van der Waals surface area contributed by atoms with Crippen molar-refractivity contribution in [1.82, 2.24) is 10.3 Å². The SMILES string of the molecule is CN(C)C1(C(Cc2c(F)cccc2Cl)NN)CCCCC1. The van der Waals surface area contributed by atoms with Crippen LogP contribution in [0.1, 0.15) is 37.7 Å². The Morgan fingerprint density at radius 1 is 1.33 bits per heavy atom. The van der Waals surface area contributed by atoms with Crippen LogP contribution < -0.4 is 11.3 Å². The van der Waals surface area contributed by atoms with Crippen molar-refractivity contribution in [3.63, 3.8) is 0 Å². The van der Waals surface area contributed by atoms with Gasteiger partial charge in [-0.15, -0.1) is 0 Å². The fourth-order valence-corrected chi connectivity index (χ4v) is 3.85. The first kappa shape index (κ1) is 16.7. The summed E-state index contributed by atoms with van der Waals surface area (Å²) in [5.41, 5.74) is 3.44. The van der Waals surface area contributed by atoms with Gasteiger partial charge >= 0.3 is 0 Å². The highest BCUT2D eigenvalue weighted by molar-refractivity contribution is 6.31. The van der Waals surface area contributed by atoms with Crippen LogP contribution in [0.25, 0.3) is 0 Å². The molecular formula is C16H25ClFN3. The highest BCUT2D eigenvalue weighted by atomic mass is 35.5. The molecule has 1 unspecified atom stereocenters. The Hall–Kier alpha value is -0.680. The molecule has 0 amide bonds. The minimum absolute atomic E-state index is 0.0257. The fourth-order valence-electron chi connectivity index (χ4n) is 3.61. The van der Waals surface area contributed by atoms with Gasteiger partial charge in [-0.1, -0.05) is 36.9 Å². The number of benzene rings is 1. The molecule has 1 aliphatic carbocycles. The predicted octanol–water partition coefficient (Wildman–Crippen LogP) is 3.12. The maximum atomic E-state index is 14.1. The maximum absolute atomic E-state index is 14.1. The lowest BCUT2D eigenvalue weighted by Gasteiger charge is -2.48. The largest absolute Gasteiger partial charge is 0.302 e. The molecule has 1 atom stereocenters. The number of hydrogen-bond donors (Lipinski definition) is 2. The molecule has 3 nitrogen and oxygen atoms in total. The van der Waals surface area contributed by atoms with Crippen LogP contribution in [0.2, 0.25) is 5.02 Å². The molecule has 0 saturated heterocycles. The molecule has 0 spiro atoms. The third-order valence-electron chi connectivity index (χ3n) is 4.93. The molecule has 5 heteroatoms. The van der Waals surface area contributed by atoms with Crippen molar-refractivity contribution >= 4 is 11.6 Å². The second-order valence-corrected chi connectivity index (χ2v) is 6.59. The number of nitrogens with zero attached hydrogens (tertiary/aromatic N) is 1. The first-order valence-corrected chi connectivity index (χ1v) is 7.95. The second-order valence-electron chi connectivity index (χ2n) is 6.18. The number of nitrogens with one attached hydrogen (secondary N) is 1. The van der Waals surface area contributed by atoms with Gasteiger partial charge in [0.05, 0.1) is 0 Å². The van der Waals surface area contributed by atoms with E-state index in [-0.39, 0.29) is 17.4 Å². The van der Waals surface area contributed by atoms with E-state index in [1.54, 1.807) is 12.1 Å². The Bertz CT molecular complexity index is 452. The van der Waals surface area contributed by atoms with Gasteiger partial charge in [-0.3, -0.25) is 11.3 Å². The number of hydrazine groups is 1. The lowest BCUT2D eigenvalue weighted by molar-refractivity contribution is 0.0566. The number of likely N-dealkylation sites (N-methyl/N-ethyl adjacent to an activating group) is 1. The zero-order valence-electron chi connectivity index (χ0n) is 12.8. The summed E-state index contributed by atoms with van der Waals surface area (Å²) in [4.78, 5) is 2.24. The monoisotopic (exact) mass is 313 g/mol. The number of hydrogen-bond acceptors (Lipinski definition) is 3. The van der Waals surface area contributed by atoms with Gasteiger partial charge in [0, 0.05) is 22.2 Å². The van der Waals surface area contributed by atoms with Gasteiger partial charge in [0.15, 0.2) is 0 Å². The molecule has 0 aromatic heterocycles. The van der Waals surface area contributed by atoms with E-state index in [9.17, 15) is 4.39 Å². The lowest BCUT2D eigenvalue weighted by Crippen LogP contribution is -2.62. The van der Waals surface area contributed by atoms with Crippen LogP contribution in [0.5, 0.6) is 0 Å². The van der Waals surface area contributed by atoms with Gasteiger partial charge in [0.25, 0.3) is 0 Å². The van der Waals surface area contributed by atoms with Crippen molar-refractivity contribution in [3.8, 4) is 0 Å². The van der Waals surface area contributed by atoms with Crippen LogP contribution in [0.15, 0.2) is 18.2 Å². The maximum Gasteiger partial charge on any atom is 0.127 e. The third kappa shape index (κ3) is 3.39. The molecule has 0 radical (unpaired) electrons. The number of rotatable bonds is 5. The first-order chi connectivity index (χ1) is 10.0. The van der Waals surface area contributed by atoms with Gasteiger partial charge in [0.1, 0.15) is 5.82 Å². The summed E-state index contributed by atoms with van der Waals surface area (Å²) in [6.45, 7) is 0. The molecule has 2 rings (SSSR count). The Labute approximate surface area is 131 Å². The summed E-state index contributed by atoms with van der Waals surface area (Å²) in [5, 5.41) is 0.472. The Balaban J connectivity index is 2.29. The van der Waals surface area contributed by atoms with Crippen LogP contribution in [0, 0.1) is 5.82 Å². The molecule has 0 heterocycles. The predicted molar refractivity (Wildman–Crippen MR) is 85.7 cm³/mol. The van der Waals surface area contributed by atoms with Crippen molar-refractivity contribution < 1.29 is 4.39 Å². The average molecular weight is 314 g/mol. The molecule has 0 aliphatic heterocycles. The minimum Gasteiger partial charge on any atom is -0.302 e. The standard InChI is InChI=1S/C16H25ClFN3/c1-21(2)16(9-4-3-5-10-16)15(20-19)11-12-13(17)7-6-8-14(12)18/h6-8,15,20H,3-5,9-11,19H2,1-2H3. The van der Waals surface area contributed by atoms with E-state index >= 15 is 0 Å². The summed E-state index contributed by atoms with van der Waals surface area (Å²) in [6, 6.07) is 4.80. The lowest BCUT2D eigenvalue weighted by atomic mass is 9.73. The van der Waals surface area contributed by atoms with Gasteiger partial charge in [-0.25, -0.2) is 4.39 Å². The van der Waals surface area contributed by atoms with E-state index in [0.29, 0.717) is 17.0 Å². The van der Waals surface area contributed by atoms with Gasteiger partial charge < -0.3 is 4.90 Å². The zero-order chi connectivity index (χ0) is 15.5. The summed E-state index contributed by atoms with van der Waals surface area (Å²) >= 11 is 6.17. The van der Waals surface area contributed by atoms with Crippen LogP contribution in [-0.4, -0.2) is 30.6 Å². The quantitative estimate of drug-likeness (QED) is 0.648. The fraction of sp³-hybridized carbons (Fsp3) is 0.625. The van der Waals surface area contributed by atoms with Gasteiger partial charge in [0.2, 0.25) is 0 Å². The van der Waals surface area contributed by atoms with Crippen molar-refractivity contribution in [1.29, 1.82) is 0 Å². The smallest absolute Gasteiger partial charge is 0.127 e. The summed E-state index contributed by atoms with van der Waals surface area (Å²) in [7, 11) is 4.16. The summed E-state index contributed by atoms with van der Waals surface area (Å²) < 4.78 is 14.1.